The van der Waals surface area contributed by atoms with E-state index in [1.54, 1.807) is 0 Å². The van der Waals surface area contributed by atoms with Gasteiger partial charge in [0.1, 0.15) is 22.9 Å². The fourth-order valence-electron chi connectivity index (χ4n) is 7.07. The molecule has 6 heterocycles. The van der Waals surface area contributed by atoms with Gasteiger partial charge in [0, 0.05) is 50.4 Å². The lowest BCUT2D eigenvalue weighted by Crippen LogP contribution is -2.02. The van der Waals surface area contributed by atoms with Crippen LogP contribution in [0.5, 0.6) is 0 Å². The molecule has 4 aromatic carbocycles. The number of fused-ring (bicyclic) bond motifs is 9. The molecule has 10 rings (SSSR count). The largest absolute Gasteiger partial charge is 0.294 e. The number of para-hydroxylation sites is 3. The molecule has 6 heteroatoms. The van der Waals surface area contributed by atoms with E-state index in [0.29, 0.717) is 0 Å². The first-order chi connectivity index (χ1) is 22.3. The first-order valence-corrected chi connectivity index (χ1v) is 15.0. The van der Waals surface area contributed by atoms with Gasteiger partial charge in [-0.25, -0.2) is 15.0 Å². The summed E-state index contributed by atoms with van der Waals surface area (Å²) in [6.45, 7) is 0. The second-order valence-electron chi connectivity index (χ2n) is 11.4. The first-order valence-electron chi connectivity index (χ1n) is 15.0. The van der Waals surface area contributed by atoms with Gasteiger partial charge in [-0.2, -0.15) is 0 Å². The van der Waals surface area contributed by atoms with E-state index in [1.165, 1.54) is 10.8 Å². The summed E-state index contributed by atoms with van der Waals surface area (Å²) in [7, 11) is 0. The van der Waals surface area contributed by atoms with Crippen LogP contribution in [0.2, 0.25) is 0 Å². The smallest absolute Gasteiger partial charge is 0.148 e. The molecule has 0 spiro atoms. The normalized spacial score (nSPS) is 12.0. The summed E-state index contributed by atoms with van der Waals surface area (Å²) in [4.78, 5) is 14.9. The standard InChI is InChI=1S/C39H24N6/c1-5-15-33-26(10-1)29-19-18-25(24-35(29)44(33)36-17-7-8-22-40-36)43-32-14-4-2-12-28(32)31-20-21-37(42-39(31)43)45-34-16-6-3-11-27(34)30-13-9-23-41-38(30)45/h1-24H. The third-order valence-corrected chi connectivity index (χ3v) is 8.96. The summed E-state index contributed by atoms with van der Waals surface area (Å²) < 4.78 is 6.72. The van der Waals surface area contributed by atoms with Crippen molar-refractivity contribution >= 4 is 65.7 Å². The van der Waals surface area contributed by atoms with Gasteiger partial charge in [-0.05, 0) is 66.7 Å². The molecule has 6 nitrogen and oxygen atoms in total. The van der Waals surface area contributed by atoms with Gasteiger partial charge in [0.05, 0.1) is 22.1 Å². The van der Waals surface area contributed by atoms with E-state index < -0.39 is 0 Å². The van der Waals surface area contributed by atoms with E-state index >= 15 is 0 Å². The van der Waals surface area contributed by atoms with Crippen LogP contribution in [-0.2, 0) is 0 Å². The Kier molecular flexibility index (Phi) is 4.90. The van der Waals surface area contributed by atoms with Crippen LogP contribution < -0.4 is 0 Å². The van der Waals surface area contributed by atoms with Gasteiger partial charge < -0.3 is 0 Å². The zero-order valence-electron chi connectivity index (χ0n) is 24.0. The van der Waals surface area contributed by atoms with Gasteiger partial charge in [0.2, 0.25) is 0 Å². The Morgan fingerprint density at radius 1 is 0.356 bits per heavy atom. The van der Waals surface area contributed by atoms with Gasteiger partial charge in [0.15, 0.2) is 0 Å². The van der Waals surface area contributed by atoms with Crippen molar-refractivity contribution in [1.82, 2.24) is 28.7 Å². The van der Waals surface area contributed by atoms with E-state index in [0.717, 1.165) is 72.2 Å². The highest BCUT2D eigenvalue weighted by atomic mass is 15.1. The molecule has 10 aromatic rings. The zero-order valence-corrected chi connectivity index (χ0v) is 24.0. The lowest BCUT2D eigenvalue weighted by atomic mass is 10.1. The van der Waals surface area contributed by atoms with Crippen molar-refractivity contribution in [2.45, 2.75) is 0 Å². The molecule has 0 aliphatic carbocycles. The van der Waals surface area contributed by atoms with Crippen molar-refractivity contribution in [3.05, 3.63) is 146 Å². The predicted octanol–water partition coefficient (Wildman–Crippen LogP) is 9.16. The van der Waals surface area contributed by atoms with Crippen molar-refractivity contribution in [1.29, 1.82) is 0 Å². The molecular formula is C39H24N6. The minimum atomic E-state index is 0.833. The van der Waals surface area contributed by atoms with Crippen molar-refractivity contribution < 1.29 is 0 Å². The third-order valence-electron chi connectivity index (χ3n) is 8.96. The molecular weight excluding hydrogens is 552 g/mol. The van der Waals surface area contributed by atoms with Crippen LogP contribution in [0.4, 0.5) is 0 Å². The molecule has 6 aromatic heterocycles. The maximum atomic E-state index is 5.40. The Morgan fingerprint density at radius 3 is 1.69 bits per heavy atom. The van der Waals surface area contributed by atoms with Crippen LogP contribution >= 0.6 is 0 Å². The molecule has 0 saturated carbocycles. The number of hydrogen-bond acceptors (Lipinski definition) is 3. The van der Waals surface area contributed by atoms with Crippen LogP contribution in [0.15, 0.2) is 146 Å². The third kappa shape index (κ3) is 3.36. The van der Waals surface area contributed by atoms with Crippen LogP contribution in [0, 0.1) is 0 Å². The van der Waals surface area contributed by atoms with E-state index in [9.17, 15) is 0 Å². The minimum Gasteiger partial charge on any atom is -0.294 e. The second-order valence-corrected chi connectivity index (χ2v) is 11.4. The number of nitrogens with zero attached hydrogens (tertiary/aromatic N) is 6. The van der Waals surface area contributed by atoms with Crippen LogP contribution in [-0.4, -0.2) is 28.7 Å². The Labute approximate surface area is 257 Å². The molecule has 45 heavy (non-hydrogen) atoms. The van der Waals surface area contributed by atoms with Crippen molar-refractivity contribution in [3.8, 4) is 17.3 Å². The minimum absolute atomic E-state index is 0.833. The number of pyridine rings is 3. The summed E-state index contributed by atoms with van der Waals surface area (Å²) >= 11 is 0. The van der Waals surface area contributed by atoms with E-state index in [-0.39, 0.29) is 0 Å². The van der Waals surface area contributed by atoms with Gasteiger partial charge in [-0.15, -0.1) is 0 Å². The summed E-state index contributed by atoms with van der Waals surface area (Å²) in [6, 6.07) is 46.7. The average Bonchev–Trinajstić information content (AvgIpc) is 3.74. The van der Waals surface area contributed by atoms with Crippen LogP contribution in [0.3, 0.4) is 0 Å². The van der Waals surface area contributed by atoms with E-state index in [2.05, 4.69) is 129 Å². The Bertz CT molecular complexity index is 2710. The molecule has 0 unspecified atom stereocenters. The van der Waals surface area contributed by atoms with Gasteiger partial charge in [-0.3, -0.25) is 13.7 Å². The van der Waals surface area contributed by atoms with Crippen molar-refractivity contribution in [3.63, 3.8) is 0 Å². The quantitative estimate of drug-likeness (QED) is 0.211. The Hall–Kier alpha value is -6.27. The molecule has 0 radical (unpaired) electrons. The molecule has 0 bridgehead atoms. The maximum absolute atomic E-state index is 5.40. The van der Waals surface area contributed by atoms with Gasteiger partial charge >= 0.3 is 0 Å². The Balaban J connectivity index is 1.29. The monoisotopic (exact) mass is 576 g/mol. The maximum Gasteiger partial charge on any atom is 0.148 e. The zero-order chi connectivity index (χ0) is 29.5. The number of aromatic nitrogens is 6. The fourth-order valence-corrected chi connectivity index (χ4v) is 7.07. The van der Waals surface area contributed by atoms with Gasteiger partial charge in [0.25, 0.3) is 0 Å². The van der Waals surface area contributed by atoms with Crippen molar-refractivity contribution in [2.24, 2.45) is 0 Å². The molecule has 0 aliphatic heterocycles. The lowest BCUT2D eigenvalue weighted by molar-refractivity contribution is 1.05. The number of benzene rings is 4. The summed E-state index contributed by atoms with van der Waals surface area (Å²) in [5.74, 6) is 1.72. The Morgan fingerprint density at radius 2 is 0.933 bits per heavy atom. The highest BCUT2D eigenvalue weighted by molar-refractivity contribution is 6.12. The van der Waals surface area contributed by atoms with E-state index in [1.807, 2.05) is 30.6 Å². The molecule has 0 saturated heterocycles. The highest BCUT2D eigenvalue weighted by Gasteiger charge is 2.19. The van der Waals surface area contributed by atoms with Crippen molar-refractivity contribution in [2.75, 3.05) is 0 Å². The molecule has 0 aliphatic rings. The fraction of sp³-hybridized carbons (Fsp3) is 0. The first kappa shape index (κ1) is 24.2. The average molecular weight is 577 g/mol. The predicted molar refractivity (Wildman–Crippen MR) is 183 cm³/mol. The lowest BCUT2D eigenvalue weighted by Gasteiger charge is -2.11. The summed E-state index contributed by atoms with van der Waals surface area (Å²) in [5.41, 5.74) is 7.26. The number of rotatable bonds is 3. The topological polar surface area (TPSA) is 53.5 Å². The van der Waals surface area contributed by atoms with Gasteiger partial charge in [-0.1, -0.05) is 66.7 Å². The molecule has 0 N–H and O–H groups in total. The van der Waals surface area contributed by atoms with Crippen LogP contribution in [0.25, 0.3) is 83.0 Å². The van der Waals surface area contributed by atoms with Crippen LogP contribution in [0.1, 0.15) is 0 Å². The molecule has 210 valence electrons. The summed E-state index contributed by atoms with van der Waals surface area (Å²) in [5, 5.41) is 6.93. The molecule has 0 amide bonds. The number of hydrogen-bond donors (Lipinski definition) is 0. The SMILES string of the molecule is c1ccc(-n2c3ccccc3c3ccc(-n4c5ccccc5c5ccc(-n6c7ccccc7c7cccnc76)nc54)cc32)nc1. The van der Waals surface area contributed by atoms with E-state index in [4.69, 9.17) is 15.0 Å². The molecule has 0 atom stereocenters. The summed E-state index contributed by atoms with van der Waals surface area (Å²) in [6.07, 6.45) is 3.70. The second kappa shape index (κ2) is 9.11. The molecule has 0 fully saturated rings. The highest BCUT2D eigenvalue weighted by Crippen LogP contribution is 2.37.